The Bertz CT molecular complexity index is 382. The lowest BCUT2D eigenvalue weighted by molar-refractivity contribution is 0.164. The molecule has 0 saturated carbocycles. The van der Waals surface area contributed by atoms with Crippen molar-refractivity contribution in [2.75, 3.05) is 11.9 Å². The van der Waals surface area contributed by atoms with Crippen LogP contribution in [0.25, 0.3) is 0 Å². The first-order valence-electron chi connectivity index (χ1n) is 5.30. The molecule has 4 heteroatoms. The van der Waals surface area contributed by atoms with Crippen molar-refractivity contribution in [3.63, 3.8) is 0 Å². The van der Waals surface area contributed by atoms with Gasteiger partial charge in [0.15, 0.2) is 5.60 Å². The Morgan fingerprint density at radius 1 is 1.50 bits per heavy atom. The monoisotopic (exact) mass is 219 g/mol. The van der Waals surface area contributed by atoms with E-state index in [0.717, 1.165) is 18.8 Å². The van der Waals surface area contributed by atoms with E-state index in [-0.39, 0.29) is 0 Å². The summed E-state index contributed by atoms with van der Waals surface area (Å²) in [5, 5.41) is 3.16. The highest BCUT2D eigenvalue weighted by Gasteiger charge is 2.16. The maximum atomic E-state index is 5.54. The van der Waals surface area contributed by atoms with Gasteiger partial charge in [0.2, 0.25) is 5.88 Å². The molecule has 16 heavy (non-hydrogen) atoms. The van der Waals surface area contributed by atoms with Crippen LogP contribution in [0.1, 0.15) is 27.2 Å². The highest BCUT2D eigenvalue weighted by molar-refractivity contribution is 5.37. The molecule has 0 aliphatic carbocycles. The zero-order valence-corrected chi connectivity index (χ0v) is 9.95. The van der Waals surface area contributed by atoms with Crippen LogP contribution in [0.4, 0.5) is 5.82 Å². The van der Waals surface area contributed by atoms with Crippen molar-refractivity contribution < 1.29 is 4.74 Å². The number of anilines is 1. The lowest BCUT2D eigenvalue weighted by Crippen LogP contribution is -2.26. The fourth-order valence-electron chi connectivity index (χ4n) is 1.04. The summed E-state index contributed by atoms with van der Waals surface area (Å²) in [5.74, 6) is 3.78. The molecule has 0 aliphatic heterocycles. The largest absolute Gasteiger partial charge is 0.458 e. The molecule has 1 aromatic rings. The Morgan fingerprint density at radius 2 is 2.25 bits per heavy atom. The van der Waals surface area contributed by atoms with E-state index in [0.29, 0.717) is 5.88 Å². The van der Waals surface area contributed by atoms with Gasteiger partial charge in [0.05, 0.1) is 0 Å². The Hall–Kier alpha value is -1.76. The van der Waals surface area contributed by atoms with Crippen LogP contribution in [-0.2, 0) is 0 Å². The Morgan fingerprint density at radius 3 is 2.88 bits per heavy atom. The number of nitrogens with one attached hydrogen (secondary N) is 1. The molecule has 0 aliphatic rings. The van der Waals surface area contributed by atoms with Gasteiger partial charge in [-0.1, -0.05) is 12.8 Å². The van der Waals surface area contributed by atoms with Crippen molar-refractivity contribution in [1.29, 1.82) is 0 Å². The number of rotatable bonds is 5. The van der Waals surface area contributed by atoms with Gasteiger partial charge in [0, 0.05) is 12.6 Å². The van der Waals surface area contributed by atoms with E-state index in [1.54, 1.807) is 6.07 Å². The zero-order valence-electron chi connectivity index (χ0n) is 9.95. The molecule has 0 atom stereocenters. The summed E-state index contributed by atoms with van der Waals surface area (Å²) in [6.07, 6.45) is 7.83. The molecular formula is C12H17N3O. The molecule has 0 amide bonds. The average Bonchev–Trinajstić information content (AvgIpc) is 2.26. The van der Waals surface area contributed by atoms with Crippen LogP contribution in [-0.4, -0.2) is 22.1 Å². The highest BCUT2D eigenvalue weighted by Crippen LogP contribution is 2.17. The zero-order chi connectivity index (χ0) is 12.0. The second-order valence-corrected chi connectivity index (χ2v) is 3.92. The Labute approximate surface area is 96.5 Å². The smallest absolute Gasteiger partial charge is 0.219 e. The van der Waals surface area contributed by atoms with Gasteiger partial charge in [-0.15, -0.1) is 6.42 Å². The summed E-state index contributed by atoms with van der Waals surface area (Å²) in [7, 11) is 0. The van der Waals surface area contributed by atoms with Gasteiger partial charge < -0.3 is 10.1 Å². The van der Waals surface area contributed by atoms with Crippen LogP contribution in [0, 0.1) is 12.3 Å². The second-order valence-electron chi connectivity index (χ2n) is 3.92. The summed E-state index contributed by atoms with van der Waals surface area (Å²) < 4.78 is 5.54. The minimum Gasteiger partial charge on any atom is -0.458 e. The molecule has 0 fully saturated rings. The van der Waals surface area contributed by atoms with Gasteiger partial charge in [-0.3, -0.25) is 0 Å². The average molecular weight is 219 g/mol. The minimum atomic E-state index is -0.656. The first-order valence-corrected chi connectivity index (χ1v) is 5.30. The number of aromatic nitrogens is 2. The van der Waals surface area contributed by atoms with E-state index < -0.39 is 5.60 Å². The third-order valence-corrected chi connectivity index (χ3v) is 1.91. The molecule has 0 aromatic carbocycles. The van der Waals surface area contributed by atoms with Crippen molar-refractivity contribution in [3.8, 4) is 18.2 Å². The van der Waals surface area contributed by atoms with Gasteiger partial charge in [-0.2, -0.15) is 0 Å². The number of nitrogens with zero attached hydrogens (tertiary/aromatic N) is 2. The van der Waals surface area contributed by atoms with Crippen LogP contribution < -0.4 is 10.1 Å². The SMILES string of the molecule is C#CC(C)(C)Oc1cc(NCCC)ncn1. The normalized spacial score (nSPS) is 10.6. The number of ether oxygens (including phenoxy) is 1. The standard InChI is InChI=1S/C12H17N3O/c1-5-7-13-10-8-11(15-9-14-10)16-12(3,4)6-2/h2,8-9H,5,7H2,1,3-4H3,(H,13,14,15). The van der Waals surface area contributed by atoms with Crippen molar-refractivity contribution in [2.24, 2.45) is 0 Å². The van der Waals surface area contributed by atoms with Crippen LogP contribution in [0.2, 0.25) is 0 Å². The molecular weight excluding hydrogens is 202 g/mol. The van der Waals surface area contributed by atoms with Crippen LogP contribution >= 0.6 is 0 Å². The molecule has 0 spiro atoms. The van der Waals surface area contributed by atoms with Gasteiger partial charge >= 0.3 is 0 Å². The quantitative estimate of drug-likeness (QED) is 0.770. The molecule has 1 aromatic heterocycles. The maximum absolute atomic E-state index is 5.54. The second kappa shape index (κ2) is 5.36. The lowest BCUT2D eigenvalue weighted by atomic mass is 10.1. The number of hydrogen-bond acceptors (Lipinski definition) is 4. The van der Waals surface area contributed by atoms with Gasteiger partial charge in [0.25, 0.3) is 0 Å². The van der Waals surface area contributed by atoms with Gasteiger partial charge in [0.1, 0.15) is 12.1 Å². The summed E-state index contributed by atoms with van der Waals surface area (Å²) in [6, 6.07) is 1.74. The molecule has 1 heterocycles. The fourth-order valence-corrected chi connectivity index (χ4v) is 1.04. The predicted molar refractivity (Wildman–Crippen MR) is 64.4 cm³/mol. The van der Waals surface area contributed by atoms with E-state index in [4.69, 9.17) is 11.2 Å². The maximum Gasteiger partial charge on any atom is 0.219 e. The molecule has 0 saturated heterocycles. The Kier molecular flexibility index (Phi) is 4.12. The lowest BCUT2D eigenvalue weighted by Gasteiger charge is -2.19. The van der Waals surface area contributed by atoms with E-state index in [2.05, 4.69) is 28.1 Å². The molecule has 86 valence electrons. The molecule has 1 N–H and O–H groups in total. The van der Waals surface area contributed by atoms with Crippen LogP contribution in [0.15, 0.2) is 12.4 Å². The van der Waals surface area contributed by atoms with E-state index in [9.17, 15) is 0 Å². The van der Waals surface area contributed by atoms with E-state index in [1.165, 1.54) is 6.33 Å². The van der Waals surface area contributed by atoms with Crippen LogP contribution in [0.5, 0.6) is 5.88 Å². The van der Waals surface area contributed by atoms with Crippen molar-refractivity contribution >= 4 is 5.82 Å². The van der Waals surface area contributed by atoms with Gasteiger partial charge in [-0.05, 0) is 20.3 Å². The number of hydrogen-bond donors (Lipinski definition) is 1. The first-order chi connectivity index (χ1) is 7.57. The van der Waals surface area contributed by atoms with E-state index >= 15 is 0 Å². The third kappa shape index (κ3) is 3.77. The van der Waals surface area contributed by atoms with Gasteiger partial charge in [-0.25, -0.2) is 9.97 Å². The molecule has 4 nitrogen and oxygen atoms in total. The molecule has 0 bridgehead atoms. The van der Waals surface area contributed by atoms with Crippen molar-refractivity contribution in [2.45, 2.75) is 32.8 Å². The first kappa shape index (κ1) is 12.3. The van der Waals surface area contributed by atoms with Crippen molar-refractivity contribution in [3.05, 3.63) is 12.4 Å². The highest BCUT2D eigenvalue weighted by atomic mass is 16.5. The molecule has 0 radical (unpaired) electrons. The predicted octanol–water partition coefficient (Wildman–Crippen LogP) is 2.09. The minimum absolute atomic E-state index is 0.483. The van der Waals surface area contributed by atoms with E-state index in [1.807, 2.05) is 13.8 Å². The number of terminal acetylenes is 1. The third-order valence-electron chi connectivity index (χ3n) is 1.91. The van der Waals surface area contributed by atoms with Crippen LogP contribution in [0.3, 0.4) is 0 Å². The van der Waals surface area contributed by atoms with Crippen molar-refractivity contribution in [1.82, 2.24) is 9.97 Å². The summed E-state index contributed by atoms with van der Waals surface area (Å²) >= 11 is 0. The Balaban J connectivity index is 2.72. The fraction of sp³-hybridized carbons (Fsp3) is 0.500. The topological polar surface area (TPSA) is 47.0 Å². The molecule has 0 unspecified atom stereocenters. The summed E-state index contributed by atoms with van der Waals surface area (Å²) in [5.41, 5.74) is -0.656. The molecule has 1 rings (SSSR count). The summed E-state index contributed by atoms with van der Waals surface area (Å²) in [4.78, 5) is 8.09. The summed E-state index contributed by atoms with van der Waals surface area (Å²) in [6.45, 7) is 6.59.